The molecule has 2 atom stereocenters. The molecule has 9 heteroatoms. The predicted octanol–water partition coefficient (Wildman–Crippen LogP) is 3.24. The standard InChI is InChI=1S/C21H24ClFN4O3/c22-20-17(24-11-14-4-3-9-30-13-14)12-25-27(21(20)29)15-7-8-26(19(28)10-15)18-6-2-1-5-16(18)23/h1-2,5-6,12,14-15,24H,3-4,7-11,13H2/t14-,15?/m0/s1. The molecule has 2 aliphatic heterocycles. The summed E-state index contributed by atoms with van der Waals surface area (Å²) in [5, 5.41) is 7.51. The topological polar surface area (TPSA) is 76.5 Å². The molecule has 0 bridgehead atoms. The van der Waals surface area contributed by atoms with Crippen molar-refractivity contribution in [1.82, 2.24) is 9.78 Å². The SMILES string of the molecule is O=C1CC(n2ncc(NC[C@@H]3CCCOC3)c(Cl)c2=O)CCN1c1ccccc1F. The molecule has 1 aromatic carbocycles. The molecule has 1 N–H and O–H groups in total. The third kappa shape index (κ3) is 4.34. The van der Waals surface area contributed by atoms with Gasteiger partial charge in [-0.05, 0) is 37.3 Å². The number of hydrogen-bond acceptors (Lipinski definition) is 5. The summed E-state index contributed by atoms with van der Waals surface area (Å²) >= 11 is 6.31. The number of para-hydroxylation sites is 1. The van der Waals surface area contributed by atoms with E-state index in [9.17, 15) is 14.0 Å². The lowest BCUT2D eigenvalue weighted by atomic mass is 10.0. The Hall–Kier alpha value is -2.45. The van der Waals surface area contributed by atoms with Crippen LogP contribution in [0.4, 0.5) is 15.8 Å². The van der Waals surface area contributed by atoms with Crippen molar-refractivity contribution in [3.05, 3.63) is 51.7 Å². The fraction of sp³-hybridized carbons (Fsp3) is 0.476. The van der Waals surface area contributed by atoms with Crippen LogP contribution in [0.3, 0.4) is 0 Å². The van der Waals surface area contributed by atoms with Crippen LogP contribution in [-0.4, -0.2) is 42.0 Å². The van der Waals surface area contributed by atoms with Crippen LogP contribution in [0.2, 0.25) is 5.02 Å². The number of ether oxygens (including phenoxy) is 1. The quantitative estimate of drug-likeness (QED) is 0.781. The van der Waals surface area contributed by atoms with Crippen LogP contribution in [-0.2, 0) is 9.53 Å². The Morgan fingerprint density at radius 1 is 1.27 bits per heavy atom. The first-order valence-electron chi connectivity index (χ1n) is 10.2. The molecule has 0 saturated carbocycles. The number of nitrogens with zero attached hydrogens (tertiary/aromatic N) is 3. The summed E-state index contributed by atoms with van der Waals surface area (Å²) in [6, 6.07) is 5.76. The molecule has 0 aliphatic carbocycles. The summed E-state index contributed by atoms with van der Waals surface area (Å²) in [6.45, 7) is 2.45. The average molecular weight is 435 g/mol. The van der Waals surface area contributed by atoms with Gasteiger partial charge in [-0.3, -0.25) is 9.59 Å². The van der Waals surface area contributed by atoms with Crippen molar-refractivity contribution in [2.24, 2.45) is 5.92 Å². The van der Waals surface area contributed by atoms with E-state index in [1.165, 1.54) is 21.8 Å². The molecule has 1 amide bonds. The molecule has 4 rings (SSSR count). The van der Waals surface area contributed by atoms with E-state index in [2.05, 4.69) is 10.4 Å². The molecule has 30 heavy (non-hydrogen) atoms. The molecule has 1 unspecified atom stereocenters. The number of carbonyl (C=O) groups excluding carboxylic acids is 1. The Labute approximate surface area is 178 Å². The van der Waals surface area contributed by atoms with Crippen molar-refractivity contribution in [3.8, 4) is 0 Å². The van der Waals surface area contributed by atoms with Gasteiger partial charge in [-0.15, -0.1) is 0 Å². The Morgan fingerprint density at radius 2 is 2.10 bits per heavy atom. The maximum atomic E-state index is 14.0. The van der Waals surface area contributed by atoms with Gasteiger partial charge in [0.15, 0.2) is 0 Å². The van der Waals surface area contributed by atoms with E-state index >= 15 is 0 Å². The molecule has 0 spiro atoms. The second-order valence-corrected chi connectivity index (χ2v) is 8.11. The van der Waals surface area contributed by atoms with Crippen molar-refractivity contribution in [2.75, 3.05) is 36.5 Å². The summed E-state index contributed by atoms with van der Waals surface area (Å²) in [6.07, 6.45) is 4.16. The molecule has 2 fully saturated rings. The number of amides is 1. The van der Waals surface area contributed by atoms with E-state index in [1.807, 2.05) is 0 Å². The zero-order chi connectivity index (χ0) is 21.1. The fourth-order valence-electron chi connectivity index (χ4n) is 4.00. The van der Waals surface area contributed by atoms with Gasteiger partial charge in [0.25, 0.3) is 5.56 Å². The van der Waals surface area contributed by atoms with Crippen molar-refractivity contribution in [1.29, 1.82) is 0 Å². The zero-order valence-electron chi connectivity index (χ0n) is 16.5. The second-order valence-electron chi connectivity index (χ2n) is 7.73. The van der Waals surface area contributed by atoms with Gasteiger partial charge in [-0.1, -0.05) is 23.7 Å². The number of anilines is 2. The summed E-state index contributed by atoms with van der Waals surface area (Å²) in [4.78, 5) is 26.8. The lowest BCUT2D eigenvalue weighted by molar-refractivity contribution is -0.120. The third-order valence-corrected chi connectivity index (χ3v) is 6.03. The number of halogens is 2. The normalized spacial score (nSPS) is 22.2. The van der Waals surface area contributed by atoms with Gasteiger partial charge < -0.3 is 15.0 Å². The van der Waals surface area contributed by atoms with E-state index in [0.717, 1.165) is 19.4 Å². The number of benzene rings is 1. The van der Waals surface area contributed by atoms with Crippen molar-refractivity contribution >= 4 is 28.9 Å². The number of nitrogens with one attached hydrogen (secondary N) is 1. The minimum Gasteiger partial charge on any atom is -0.382 e. The monoisotopic (exact) mass is 434 g/mol. The van der Waals surface area contributed by atoms with E-state index in [-0.39, 0.29) is 23.0 Å². The van der Waals surface area contributed by atoms with Crippen LogP contribution in [0.5, 0.6) is 0 Å². The number of aromatic nitrogens is 2. The molecular formula is C21H24ClFN4O3. The average Bonchev–Trinajstić information content (AvgIpc) is 2.76. The molecule has 160 valence electrons. The Kier molecular flexibility index (Phi) is 6.34. The van der Waals surface area contributed by atoms with Crippen LogP contribution in [0.25, 0.3) is 0 Å². The van der Waals surface area contributed by atoms with Crippen LogP contribution in [0.1, 0.15) is 31.7 Å². The summed E-state index contributed by atoms with van der Waals surface area (Å²) in [5.41, 5.74) is 0.308. The molecule has 3 heterocycles. The smallest absolute Gasteiger partial charge is 0.287 e. The first kappa shape index (κ1) is 20.8. The zero-order valence-corrected chi connectivity index (χ0v) is 17.3. The number of carbonyl (C=O) groups is 1. The summed E-state index contributed by atoms with van der Waals surface area (Å²) in [5.74, 6) is -0.320. The maximum Gasteiger partial charge on any atom is 0.287 e. The molecular weight excluding hydrogens is 411 g/mol. The Morgan fingerprint density at radius 3 is 2.83 bits per heavy atom. The van der Waals surface area contributed by atoms with Crippen LogP contribution >= 0.6 is 11.6 Å². The van der Waals surface area contributed by atoms with Crippen LogP contribution < -0.4 is 15.8 Å². The number of rotatable bonds is 5. The van der Waals surface area contributed by atoms with Crippen LogP contribution in [0.15, 0.2) is 35.3 Å². The molecule has 7 nitrogen and oxygen atoms in total. The van der Waals surface area contributed by atoms with Gasteiger partial charge in [0.05, 0.1) is 30.2 Å². The molecule has 2 saturated heterocycles. The van der Waals surface area contributed by atoms with Crippen molar-refractivity contribution < 1.29 is 13.9 Å². The van der Waals surface area contributed by atoms with Crippen molar-refractivity contribution in [2.45, 2.75) is 31.7 Å². The molecule has 2 aromatic rings. The van der Waals surface area contributed by atoms with E-state index in [0.29, 0.717) is 37.7 Å². The highest BCUT2D eigenvalue weighted by Crippen LogP contribution is 2.29. The summed E-state index contributed by atoms with van der Waals surface area (Å²) in [7, 11) is 0. The van der Waals surface area contributed by atoms with Gasteiger partial charge in [0.1, 0.15) is 10.8 Å². The van der Waals surface area contributed by atoms with E-state index in [4.69, 9.17) is 16.3 Å². The van der Waals surface area contributed by atoms with Gasteiger partial charge >= 0.3 is 0 Å². The minimum absolute atomic E-state index is 0.0593. The first-order chi connectivity index (χ1) is 14.5. The van der Waals surface area contributed by atoms with E-state index < -0.39 is 17.4 Å². The number of piperidine rings is 1. The molecule has 0 radical (unpaired) electrons. The highest BCUT2D eigenvalue weighted by atomic mass is 35.5. The lowest BCUT2D eigenvalue weighted by Crippen LogP contribution is -2.42. The van der Waals surface area contributed by atoms with Gasteiger partial charge in [-0.2, -0.15) is 5.10 Å². The van der Waals surface area contributed by atoms with Gasteiger partial charge in [-0.25, -0.2) is 9.07 Å². The molecule has 1 aromatic heterocycles. The van der Waals surface area contributed by atoms with Gasteiger partial charge in [0, 0.05) is 26.1 Å². The second kappa shape index (κ2) is 9.14. The summed E-state index contributed by atoms with van der Waals surface area (Å²) < 4.78 is 20.8. The fourth-order valence-corrected chi connectivity index (χ4v) is 4.20. The van der Waals surface area contributed by atoms with Crippen molar-refractivity contribution in [3.63, 3.8) is 0 Å². The van der Waals surface area contributed by atoms with Gasteiger partial charge in [0.2, 0.25) is 5.91 Å². The highest BCUT2D eigenvalue weighted by Gasteiger charge is 2.31. The lowest BCUT2D eigenvalue weighted by Gasteiger charge is -2.32. The Bertz CT molecular complexity index is 977. The minimum atomic E-state index is -0.443. The first-order valence-corrected chi connectivity index (χ1v) is 10.6. The largest absolute Gasteiger partial charge is 0.382 e. The third-order valence-electron chi connectivity index (χ3n) is 5.67. The molecule has 2 aliphatic rings. The van der Waals surface area contributed by atoms with E-state index in [1.54, 1.807) is 18.2 Å². The maximum absolute atomic E-state index is 14.0. The highest BCUT2D eigenvalue weighted by molar-refractivity contribution is 6.32. The number of hydrogen-bond donors (Lipinski definition) is 1. The van der Waals surface area contributed by atoms with Crippen LogP contribution in [0, 0.1) is 11.7 Å². The Balaban J connectivity index is 1.44. The predicted molar refractivity (Wildman–Crippen MR) is 113 cm³/mol.